The average Bonchev–Trinajstić information content (AvgIpc) is 3.08. The highest BCUT2D eigenvalue weighted by molar-refractivity contribution is 5.93. The van der Waals surface area contributed by atoms with E-state index in [0.29, 0.717) is 31.9 Å². The number of carbonyl (C=O) groups is 1. The van der Waals surface area contributed by atoms with E-state index in [0.717, 1.165) is 17.9 Å². The normalized spacial score (nSPS) is 14.4. The summed E-state index contributed by atoms with van der Waals surface area (Å²) in [6.45, 7) is 3.02. The Kier molecular flexibility index (Phi) is 6.93. The van der Waals surface area contributed by atoms with Crippen LogP contribution in [-0.4, -0.2) is 19.1 Å². The molecule has 2 rings (SSSR count). The van der Waals surface area contributed by atoms with Gasteiger partial charge in [-0.3, -0.25) is 4.79 Å². The summed E-state index contributed by atoms with van der Waals surface area (Å²) in [4.78, 5) is 14.3. The van der Waals surface area contributed by atoms with Crippen molar-refractivity contribution in [1.82, 2.24) is 0 Å². The minimum Gasteiger partial charge on any atom is -0.494 e. The van der Waals surface area contributed by atoms with Gasteiger partial charge in [-0.2, -0.15) is 5.26 Å². The van der Waals surface area contributed by atoms with Gasteiger partial charge in [0.25, 0.3) is 0 Å². The van der Waals surface area contributed by atoms with Crippen molar-refractivity contribution in [2.24, 2.45) is 5.92 Å². The quantitative estimate of drug-likeness (QED) is 0.718. The molecule has 0 bridgehead atoms. The Labute approximate surface area is 139 Å². The summed E-state index contributed by atoms with van der Waals surface area (Å²) in [5, 5.41) is 8.85. The molecule has 0 atom stereocenters. The molecule has 0 N–H and O–H groups in total. The number of ether oxygens (including phenoxy) is 1. The van der Waals surface area contributed by atoms with Crippen LogP contribution in [0.15, 0.2) is 24.3 Å². The number of anilines is 1. The molecule has 1 saturated carbocycles. The fourth-order valence-corrected chi connectivity index (χ4v) is 3.21. The number of benzene rings is 1. The Hall–Kier alpha value is -2.02. The summed E-state index contributed by atoms with van der Waals surface area (Å²) < 4.78 is 5.44. The number of rotatable bonds is 8. The second-order valence-corrected chi connectivity index (χ2v) is 6.07. The molecular formula is C19H26N2O2. The van der Waals surface area contributed by atoms with E-state index < -0.39 is 0 Å². The Morgan fingerprint density at radius 3 is 2.61 bits per heavy atom. The zero-order valence-electron chi connectivity index (χ0n) is 14.0. The summed E-state index contributed by atoms with van der Waals surface area (Å²) in [6, 6.07) is 9.69. The van der Waals surface area contributed by atoms with Gasteiger partial charge in [-0.25, -0.2) is 0 Å². The summed E-state index contributed by atoms with van der Waals surface area (Å²) in [6.07, 6.45) is 7.01. The maximum absolute atomic E-state index is 12.6. The molecule has 0 heterocycles. The van der Waals surface area contributed by atoms with E-state index in [9.17, 15) is 4.79 Å². The van der Waals surface area contributed by atoms with E-state index in [1.165, 1.54) is 25.7 Å². The molecule has 0 saturated heterocycles. The van der Waals surface area contributed by atoms with E-state index >= 15 is 0 Å². The first-order valence-corrected chi connectivity index (χ1v) is 8.64. The molecule has 0 aliphatic heterocycles. The van der Waals surface area contributed by atoms with Crippen LogP contribution in [0.2, 0.25) is 0 Å². The lowest BCUT2D eigenvalue weighted by Gasteiger charge is -2.23. The van der Waals surface area contributed by atoms with Crippen molar-refractivity contribution >= 4 is 11.6 Å². The van der Waals surface area contributed by atoms with E-state index in [1.54, 1.807) is 4.90 Å². The molecule has 0 radical (unpaired) electrons. The lowest BCUT2D eigenvalue weighted by Crippen LogP contribution is -2.31. The predicted molar refractivity (Wildman–Crippen MR) is 91.4 cm³/mol. The highest BCUT2D eigenvalue weighted by Crippen LogP contribution is 2.29. The van der Waals surface area contributed by atoms with E-state index in [2.05, 4.69) is 6.07 Å². The molecule has 0 unspecified atom stereocenters. The van der Waals surface area contributed by atoms with Gasteiger partial charge in [0.1, 0.15) is 5.75 Å². The van der Waals surface area contributed by atoms with Crippen LogP contribution in [0.5, 0.6) is 5.75 Å². The van der Waals surface area contributed by atoms with Crippen molar-refractivity contribution in [2.75, 3.05) is 18.1 Å². The van der Waals surface area contributed by atoms with Crippen LogP contribution in [0.1, 0.15) is 51.9 Å². The van der Waals surface area contributed by atoms with Gasteiger partial charge in [0.2, 0.25) is 5.91 Å². The minimum atomic E-state index is 0.122. The number of nitriles is 1. The van der Waals surface area contributed by atoms with Gasteiger partial charge >= 0.3 is 0 Å². The molecule has 1 aromatic rings. The van der Waals surface area contributed by atoms with E-state index in [4.69, 9.17) is 10.00 Å². The van der Waals surface area contributed by atoms with Gasteiger partial charge in [0.15, 0.2) is 0 Å². The average molecular weight is 314 g/mol. The Morgan fingerprint density at radius 1 is 1.30 bits per heavy atom. The summed E-state index contributed by atoms with van der Waals surface area (Å²) in [7, 11) is 0. The number of nitrogens with zero attached hydrogens (tertiary/aromatic N) is 2. The molecule has 1 fully saturated rings. The topological polar surface area (TPSA) is 53.3 Å². The zero-order valence-corrected chi connectivity index (χ0v) is 14.0. The first-order valence-electron chi connectivity index (χ1n) is 8.64. The second-order valence-electron chi connectivity index (χ2n) is 6.07. The maximum Gasteiger partial charge on any atom is 0.227 e. The molecule has 1 aliphatic carbocycles. The third-order valence-corrected chi connectivity index (χ3v) is 4.45. The minimum absolute atomic E-state index is 0.122. The van der Waals surface area contributed by atoms with Gasteiger partial charge < -0.3 is 9.64 Å². The van der Waals surface area contributed by atoms with Gasteiger partial charge in [0, 0.05) is 18.7 Å². The molecule has 4 nitrogen and oxygen atoms in total. The Morgan fingerprint density at radius 2 is 2.00 bits per heavy atom. The van der Waals surface area contributed by atoms with Gasteiger partial charge in [-0.1, -0.05) is 25.7 Å². The second kappa shape index (κ2) is 9.19. The van der Waals surface area contributed by atoms with Crippen molar-refractivity contribution in [3.63, 3.8) is 0 Å². The third-order valence-electron chi connectivity index (χ3n) is 4.45. The predicted octanol–water partition coefficient (Wildman–Crippen LogP) is 4.30. The molecule has 124 valence electrons. The lowest BCUT2D eigenvalue weighted by atomic mass is 10.0. The molecule has 1 amide bonds. The first-order chi connectivity index (χ1) is 11.2. The number of amides is 1. The molecule has 1 aliphatic rings. The van der Waals surface area contributed by atoms with Gasteiger partial charge in [-0.15, -0.1) is 0 Å². The molecule has 0 aromatic heterocycles. The van der Waals surface area contributed by atoms with Crippen LogP contribution in [0.3, 0.4) is 0 Å². The molecular weight excluding hydrogens is 288 g/mol. The van der Waals surface area contributed by atoms with Crippen LogP contribution < -0.4 is 9.64 Å². The van der Waals surface area contributed by atoms with Crippen molar-refractivity contribution in [3.8, 4) is 11.8 Å². The van der Waals surface area contributed by atoms with Crippen LogP contribution in [0, 0.1) is 17.2 Å². The molecule has 1 aromatic carbocycles. The monoisotopic (exact) mass is 314 g/mol. The van der Waals surface area contributed by atoms with Crippen LogP contribution in [0.4, 0.5) is 5.69 Å². The summed E-state index contributed by atoms with van der Waals surface area (Å²) in [5.41, 5.74) is 0.847. The highest BCUT2D eigenvalue weighted by Gasteiger charge is 2.20. The smallest absolute Gasteiger partial charge is 0.227 e. The number of hydrogen-bond acceptors (Lipinski definition) is 3. The highest BCUT2D eigenvalue weighted by atomic mass is 16.5. The summed E-state index contributed by atoms with van der Waals surface area (Å²) >= 11 is 0. The summed E-state index contributed by atoms with van der Waals surface area (Å²) in [5.74, 6) is 1.63. The van der Waals surface area contributed by atoms with Crippen molar-refractivity contribution in [3.05, 3.63) is 24.3 Å². The fourth-order valence-electron chi connectivity index (χ4n) is 3.21. The molecule has 23 heavy (non-hydrogen) atoms. The van der Waals surface area contributed by atoms with Crippen LogP contribution in [0.25, 0.3) is 0 Å². The SMILES string of the molecule is CCOc1ccc(N(CCC#N)C(=O)CCC2CCCC2)cc1. The standard InChI is InChI=1S/C19H26N2O2/c1-2-23-18-11-9-17(10-12-18)21(15-5-14-20)19(22)13-8-16-6-3-4-7-16/h9-12,16H,2-8,13,15H2,1H3. The number of carbonyl (C=O) groups excluding carboxylic acids is 1. The maximum atomic E-state index is 12.6. The van der Waals surface area contributed by atoms with Crippen molar-refractivity contribution < 1.29 is 9.53 Å². The number of hydrogen-bond donors (Lipinski definition) is 0. The van der Waals surface area contributed by atoms with Crippen molar-refractivity contribution in [1.29, 1.82) is 5.26 Å². The van der Waals surface area contributed by atoms with Crippen LogP contribution >= 0.6 is 0 Å². The van der Waals surface area contributed by atoms with E-state index in [1.807, 2.05) is 31.2 Å². The van der Waals surface area contributed by atoms with E-state index in [-0.39, 0.29) is 5.91 Å². The zero-order chi connectivity index (χ0) is 16.5. The molecule has 4 heteroatoms. The van der Waals surface area contributed by atoms with Crippen LogP contribution in [-0.2, 0) is 4.79 Å². The first kappa shape index (κ1) is 17.3. The fraction of sp³-hybridized carbons (Fsp3) is 0.579. The third kappa shape index (κ3) is 5.28. The lowest BCUT2D eigenvalue weighted by molar-refractivity contribution is -0.118. The Bertz CT molecular complexity index is 527. The molecule has 0 spiro atoms. The van der Waals surface area contributed by atoms with Gasteiger partial charge in [0.05, 0.1) is 19.1 Å². The van der Waals surface area contributed by atoms with Crippen molar-refractivity contribution in [2.45, 2.75) is 51.9 Å². The largest absolute Gasteiger partial charge is 0.494 e. The Balaban J connectivity index is 1.99. The van der Waals surface area contributed by atoms with Gasteiger partial charge in [-0.05, 0) is 43.5 Å².